The molecule has 9 heteroatoms. The molecule has 0 aromatic heterocycles. The third-order valence-electron chi connectivity index (χ3n) is 5.28. The van der Waals surface area contributed by atoms with E-state index in [1.807, 2.05) is 0 Å². The third kappa shape index (κ3) is 5.98. The number of benzene rings is 3. The summed E-state index contributed by atoms with van der Waals surface area (Å²) in [5, 5.41) is 20.4. The molecule has 176 valence electrons. The van der Waals surface area contributed by atoms with Crippen LogP contribution in [0.3, 0.4) is 0 Å². The number of nitrogens with zero attached hydrogens (tertiary/aromatic N) is 1. The van der Waals surface area contributed by atoms with Crippen LogP contribution in [-0.4, -0.2) is 45.0 Å². The highest BCUT2D eigenvalue weighted by Gasteiger charge is 2.25. The molecule has 0 saturated carbocycles. The number of unbranched alkanes of at least 4 members (excludes halogenated alkanes) is 1. The second kappa shape index (κ2) is 11.4. The number of carbonyl (C=O) groups is 2. The van der Waals surface area contributed by atoms with Crippen LogP contribution in [0.25, 0.3) is 21.5 Å². The summed E-state index contributed by atoms with van der Waals surface area (Å²) in [6.07, 6.45) is 11.1. The van der Waals surface area contributed by atoms with Crippen molar-refractivity contribution in [2.75, 3.05) is 13.1 Å². The van der Waals surface area contributed by atoms with Gasteiger partial charge in [0, 0.05) is 23.0 Å². The van der Waals surface area contributed by atoms with Crippen molar-refractivity contribution >= 4 is 41.7 Å². The largest absolute Gasteiger partial charge is 0.747 e. The van der Waals surface area contributed by atoms with E-state index >= 15 is 0 Å². The molecular weight excluding hydrogens is 457 g/mol. The highest BCUT2D eigenvalue weighted by Crippen LogP contribution is 2.37. The van der Waals surface area contributed by atoms with Gasteiger partial charge in [0.25, 0.3) is 0 Å². The summed E-state index contributed by atoms with van der Waals surface area (Å²) in [5.74, 6) is -2.73. The fraction of sp³-hybridized carbons (Fsp3) is 0.200. The molecule has 0 saturated heterocycles. The predicted octanol–water partition coefficient (Wildman–Crippen LogP) is 5.59. The van der Waals surface area contributed by atoms with Gasteiger partial charge in [0.1, 0.15) is 5.56 Å². The SMILES string of the molecule is CCCCN1C=CC=CC1.O=C(O)c1ccc2cc3cccc(C(=O)O)c3cc2c1O[P+](=O)O. The van der Waals surface area contributed by atoms with E-state index in [0.29, 0.717) is 16.2 Å². The van der Waals surface area contributed by atoms with Gasteiger partial charge in [-0.1, -0.05) is 43.7 Å². The Labute approximate surface area is 197 Å². The summed E-state index contributed by atoms with van der Waals surface area (Å²) in [6, 6.07) is 10.7. The lowest BCUT2D eigenvalue weighted by atomic mass is 9.97. The molecule has 4 rings (SSSR count). The van der Waals surface area contributed by atoms with E-state index in [1.165, 1.54) is 43.7 Å². The van der Waals surface area contributed by atoms with E-state index in [1.54, 1.807) is 18.2 Å². The molecule has 8 nitrogen and oxygen atoms in total. The maximum Gasteiger partial charge on any atom is 0.747 e. The van der Waals surface area contributed by atoms with Gasteiger partial charge in [-0.05, 0) is 59.1 Å². The van der Waals surface area contributed by atoms with E-state index < -0.39 is 20.2 Å². The summed E-state index contributed by atoms with van der Waals surface area (Å²) in [6.45, 7) is 4.53. The molecule has 0 fully saturated rings. The van der Waals surface area contributed by atoms with Gasteiger partial charge in [0.2, 0.25) is 5.75 Å². The minimum atomic E-state index is -3.08. The Morgan fingerprint density at radius 1 is 1.00 bits per heavy atom. The Bertz CT molecular complexity index is 1300. The second-order valence-corrected chi connectivity index (χ2v) is 8.26. The van der Waals surface area contributed by atoms with Gasteiger partial charge in [-0.2, -0.15) is 0 Å². The second-order valence-electron chi connectivity index (χ2n) is 7.60. The summed E-state index contributed by atoms with van der Waals surface area (Å²) in [4.78, 5) is 34.1. The Morgan fingerprint density at radius 2 is 1.74 bits per heavy atom. The van der Waals surface area contributed by atoms with Gasteiger partial charge in [-0.3, -0.25) is 0 Å². The molecule has 0 aliphatic carbocycles. The van der Waals surface area contributed by atoms with Gasteiger partial charge in [-0.15, -0.1) is 4.89 Å². The van der Waals surface area contributed by atoms with Gasteiger partial charge < -0.3 is 15.1 Å². The lowest BCUT2D eigenvalue weighted by Crippen LogP contribution is -2.19. The van der Waals surface area contributed by atoms with Crippen molar-refractivity contribution < 1.29 is 33.8 Å². The van der Waals surface area contributed by atoms with Crippen LogP contribution in [0, 0.1) is 0 Å². The number of hydrogen-bond donors (Lipinski definition) is 3. The standard InChI is InChI=1S/C16H9O7P.C9H15N/c17-15(18)10-3-1-2-8-6-9-4-5-11(16(19)20)14(23-24(21)22)13(9)7-12(8)10;1-2-3-7-10-8-5-4-6-9-10/h1-7H,(H2-,17,18,19,20,21,22);4-6,8H,2-3,7,9H2,1H3/p+1. The van der Waals surface area contributed by atoms with E-state index in [2.05, 4.69) is 36.3 Å². The van der Waals surface area contributed by atoms with Crippen LogP contribution in [0.4, 0.5) is 0 Å². The molecule has 0 radical (unpaired) electrons. The van der Waals surface area contributed by atoms with E-state index in [9.17, 15) is 24.4 Å². The molecule has 34 heavy (non-hydrogen) atoms. The van der Waals surface area contributed by atoms with Crippen LogP contribution in [-0.2, 0) is 4.57 Å². The maximum absolute atomic E-state index is 11.4. The molecular formula is C25H25NO7P+. The lowest BCUT2D eigenvalue weighted by Gasteiger charge is -2.19. The number of carboxylic acids is 2. The quantitative estimate of drug-likeness (QED) is 0.294. The molecule has 3 aromatic rings. The Morgan fingerprint density at radius 3 is 2.35 bits per heavy atom. The van der Waals surface area contributed by atoms with Crippen molar-refractivity contribution in [1.82, 2.24) is 4.90 Å². The van der Waals surface area contributed by atoms with E-state index in [4.69, 9.17) is 9.42 Å². The summed E-state index contributed by atoms with van der Waals surface area (Å²) < 4.78 is 15.9. The fourth-order valence-electron chi connectivity index (χ4n) is 3.64. The zero-order valence-corrected chi connectivity index (χ0v) is 19.4. The number of rotatable bonds is 7. The predicted molar refractivity (Wildman–Crippen MR) is 131 cm³/mol. The van der Waals surface area contributed by atoms with Crippen molar-refractivity contribution in [2.24, 2.45) is 0 Å². The fourth-order valence-corrected chi connectivity index (χ4v) is 3.99. The van der Waals surface area contributed by atoms with Gasteiger partial charge >= 0.3 is 20.2 Å². The molecule has 1 unspecified atom stereocenters. The van der Waals surface area contributed by atoms with Gasteiger partial charge in [0.15, 0.2) is 0 Å². The highest BCUT2D eigenvalue weighted by molar-refractivity contribution is 7.32. The number of allylic oxidation sites excluding steroid dienone is 2. The molecule has 1 aliphatic rings. The molecule has 0 amide bonds. The zero-order chi connectivity index (χ0) is 24.7. The van der Waals surface area contributed by atoms with E-state index in [0.717, 1.165) is 6.54 Å². The molecule has 0 bridgehead atoms. The van der Waals surface area contributed by atoms with Crippen molar-refractivity contribution in [1.29, 1.82) is 0 Å². The van der Waals surface area contributed by atoms with Gasteiger partial charge in [-0.25, -0.2) is 14.1 Å². The topological polar surface area (TPSA) is 124 Å². The number of hydrogen-bond acceptors (Lipinski definition) is 5. The smallest absolute Gasteiger partial charge is 0.478 e. The van der Waals surface area contributed by atoms with Crippen LogP contribution in [0.15, 0.2) is 66.9 Å². The Kier molecular flexibility index (Phi) is 8.35. The number of aromatic carboxylic acids is 2. The Hall–Kier alpha value is -3.74. The van der Waals surface area contributed by atoms with Crippen molar-refractivity contribution in [3.05, 3.63) is 78.0 Å². The van der Waals surface area contributed by atoms with Crippen LogP contribution in [0.1, 0.15) is 40.5 Å². The summed E-state index contributed by atoms with van der Waals surface area (Å²) in [5.41, 5.74) is -0.249. The first-order valence-electron chi connectivity index (χ1n) is 10.7. The number of fused-ring (bicyclic) bond motifs is 2. The minimum Gasteiger partial charge on any atom is -0.478 e. The molecule has 3 N–H and O–H groups in total. The Balaban J connectivity index is 0.000000271. The van der Waals surface area contributed by atoms with Crippen molar-refractivity contribution in [3.8, 4) is 5.75 Å². The normalized spacial score (nSPS) is 12.9. The lowest BCUT2D eigenvalue weighted by molar-refractivity contribution is 0.0685. The van der Waals surface area contributed by atoms with Crippen LogP contribution in [0.5, 0.6) is 5.75 Å². The molecule has 1 heterocycles. The van der Waals surface area contributed by atoms with Gasteiger partial charge in [0.05, 0.1) is 5.56 Å². The van der Waals surface area contributed by atoms with Crippen LogP contribution in [0.2, 0.25) is 0 Å². The first-order valence-corrected chi connectivity index (χ1v) is 11.8. The van der Waals surface area contributed by atoms with Crippen molar-refractivity contribution in [2.45, 2.75) is 19.8 Å². The van der Waals surface area contributed by atoms with Crippen LogP contribution < -0.4 is 4.52 Å². The van der Waals surface area contributed by atoms with Crippen molar-refractivity contribution in [3.63, 3.8) is 0 Å². The average molecular weight is 482 g/mol. The maximum atomic E-state index is 11.4. The summed E-state index contributed by atoms with van der Waals surface area (Å²) >= 11 is 0. The molecule has 1 atom stereocenters. The van der Waals surface area contributed by atoms with E-state index in [-0.39, 0.29) is 22.3 Å². The van der Waals surface area contributed by atoms with Crippen LogP contribution >= 0.6 is 8.25 Å². The first kappa shape index (κ1) is 24.9. The molecule has 1 aliphatic heterocycles. The molecule has 0 spiro atoms. The monoisotopic (exact) mass is 482 g/mol. The zero-order valence-electron chi connectivity index (χ0n) is 18.5. The third-order valence-corrected chi connectivity index (χ3v) is 5.62. The number of carboxylic acid groups (broad SMARTS) is 2. The minimum absolute atomic E-state index is 0.0365. The summed E-state index contributed by atoms with van der Waals surface area (Å²) in [7, 11) is -3.08. The molecule has 3 aromatic carbocycles. The highest BCUT2D eigenvalue weighted by atomic mass is 31.1. The average Bonchev–Trinajstić information content (AvgIpc) is 2.82. The first-order chi connectivity index (χ1) is 16.3.